The number of nitrogens with one attached hydrogen (secondary N) is 3. The van der Waals surface area contributed by atoms with Crippen LogP contribution >= 0.6 is 0 Å². The first-order valence-corrected chi connectivity index (χ1v) is 12.1. The van der Waals surface area contributed by atoms with Crippen LogP contribution in [0.2, 0.25) is 0 Å². The van der Waals surface area contributed by atoms with Gasteiger partial charge in [-0.05, 0) is 65.5 Å². The summed E-state index contributed by atoms with van der Waals surface area (Å²) in [5.74, 6) is -0.145. The highest BCUT2D eigenvalue weighted by Gasteiger charge is 2.28. The lowest BCUT2D eigenvalue weighted by molar-refractivity contribution is -0.124. The van der Waals surface area contributed by atoms with Crippen molar-refractivity contribution in [2.24, 2.45) is 0 Å². The molecule has 0 aliphatic carbocycles. The third kappa shape index (κ3) is 11.4. The number of rotatable bonds is 10. The second-order valence-electron chi connectivity index (χ2n) is 10.9. The normalized spacial score (nSPS) is 14.5. The van der Waals surface area contributed by atoms with Crippen molar-refractivity contribution in [3.05, 3.63) is 71.8 Å². The summed E-state index contributed by atoms with van der Waals surface area (Å²) >= 11 is 0. The van der Waals surface area contributed by atoms with Gasteiger partial charge in [-0.1, -0.05) is 60.7 Å². The Labute approximate surface area is 209 Å². The summed E-state index contributed by atoms with van der Waals surface area (Å²) in [7, 11) is 0. The van der Waals surface area contributed by atoms with Gasteiger partial charge in [-0.25, -0.2) is 4.79 Å². The third-order valence-electron chi connectivity index (χ3n) is 5.14. The van der Waals surface area contributed by atoms with Gasteiger partial charge in [-0.15, -0.1) is 0 Å². The molecule has 3 atom stereocenters. The van der Waals surface area contributed by atoms with Gasteiger partial charge in [0.2, 0.25) is 5.91 Å². The maximum Gasteiger partial charge on any atom is 0.407 e. The van der Waals surface area contributed by atoms with Crippen LogP contribution in [0.15, 0.2) is 60.7 Å². The van der Waals surface area contributed by atoms with Gasteiger partial charge >= 0.3 is 6.09 Å². The van der Waals surface area contributed by atoms with Gasteiger partial charge in [0.1, 0.15) is 5.60 Å². The summed E-state index contributed by atoms with van der Waals surface area (Å²) in [6.45, 7) is 11.3. The molecule has 0 aliphatic rings. The zero-order chi connectivity index (χ0) is 26.1. The van der Waals surface area contributed by atoms with Gasteiger partial charge in [-0.2, -0.15) is 0 Å². The van der Waals surface area contributed by atoms with Crippen LogP contribution in [0, 0.1) is 0 Å². The molecule has 192 valence electrons. The second-order valence-corrected chi connectivity index (χ2v) is 10.9. The van der Waals surface area contributed by atoms with Crippen LogP contribution in [-0.4, -0.2) is 53.0 Å². The van der Waals surface area contributed by atoms with Gasteiger partial charge in [0.05, 0.1) is 18.2 Å². The first-order chi connectivity index (χ1) is 16.3. The van der Waals surface area contributed by atoms with Crippen LogP contribution < -0.4 is 16.0 Å². The molecular weight excluding hydrogens is 442 g/mol. The van der Waals surface area contributed by atoms with Crippen LogP contribution in [-0.2, 0) is 22.4 Å². The Balaban J connectivity index is 2.14. The van der Waals surface area contributed by atoms with Crippen molar-refractivity contribution in [1.82, 2.24) is 16.0 Å². The lowest BCUT2D eigenvalue weighted by Gasteiger charge is -2.29. The van der Waals surface area contributed by atoms with Gasteiger partial charge < -0.3 is 25.8 Å². The predicted octanol–water partition coefficient (Wildman–Crippen LogP) is 3.60. The van der Waals surface area contributed by atoms with E-state index in [-0.39, 0.29) is 18.0 Å². The molecule has 0 spiro atoms. The molecule has 7 heteroatoms. The highest BCUT2D eigenvalue weighted by Crippen LogP contribution is 2.11. The van der Waals surface area contributed by atoms with E-state index < -0.39 is 29.9 Å². The first kappa shape index (κ1) is 28.3. The van der Waals surface area contributed by atoms with Crippen LogP contribution in [0.4, 0.5) is 4.79 Å². The molecule has 3 unspecified atom stereocenters. The highest BCUT2D eigenvalue weighted by molar-refractivity contribution is 5.82. The molecule has 0 saturated carbocycles. The lowest BCUT2D eigenvalue weighted by Crippen LogP contribution is -2.55. The summed E-state index contributed by atoms with van der Waals surface area (Å²) in [6, 6.07) is 18.2. The number of benzene rings is 2. The van der Waals surface area contributed by atoms with Gasteiger partial charge in [-0.3, -0.25) is 4.79 Å². The standard InChI is InChI=1S/C28H41N3O4/c1-27(2,3)31-25(33)23(18-21-15-11-8-12-16-21)29-19-24(32)22(17-20-13-9-7-10-14-20)30-26(34)35-28(4,5)6/h7-16,22-24,29,32H,17-19H2,1-6H3,(H,30,34)(H,31,33). The van der Waals surface area contributed by atoms with Crippen molar-refractivity contribution in [1.29, 1.82) is 0 Å². The van der Waals surface area contributed by atoms with Crippen molar-refractivity contribution in [3.8, 4) is 0 Å². The average molecular weight is 484 g/mol. The Morgan fingerprint density at radius 1 is 0.857 bits per heavy atom. The van der Waals surface area contributed by atoms with E-state index in [1.165, 1.54) is 0 Å². The van der Waals surface area contributed by atoms with Crippen LogP contribution in [0.25, 0.3) is 0 Å². The average Bonchev–Trinajstić information content (AvgIpc) is 2.75. The Hall–Kier alpha value is -2.90. The number of alkyl carbamates (subject to hydrolysis) is 1. The number of aliphatic hydroxyl groups excluding tert-OH is 1. The first-order valence-electron chi connectivity index (χ1n) is 12.1. The summed E-state index contributed by atoms with van der Waals surface area (Å²) in [5.41, 5.74) is 0.937. The van der Waals surface area contributed by atoms with Crippen molar-refractivity contribution >= 4 is 12.0 Å². The molecule has 7 nitrogen and oxygen atoms in total. The van der Waals surface area contributed by atoms with E-state index in [0.29, 0.717) is 12.8 Å². The Morgan fingerprint density at radius 2 is 1.37 bits per heavy atom. The van der Waals surface area contributed by atoms with Crippen molar-refractivity contribution in [2.45, 2.75) is 83.7 Å². The van der Waals surface area contributed by atoms with E-state index in [0.717, 1.165) is 11.1 Å². The number of amides is 2. The number of hydrogen-bond donors (Lipinski definition) is 4. The van der Waals surface area contributed by atoms with Gasteiger partial charge in [0.15, 0.2) is 0 Å². The van der Waals surface area contributed by atoms with E-state index in [2.05, 4.69) is 16.0 Å². The van der Waals surface area contributed by atoms with Crippen LogP contribution in [0.1, 0.15) is 52.7 Å². The molecule has 2 amide bonds. The molecule has 0 heterocycles. The Kier molecular flexibility index (Phi) is 10.3. The molecule has 4 N–H and O–H groups in total. The minimum absolute atomic E-state index is 0.113. The van der Waals surface area contributed by atoms with Crippen LogP contribution in [0.3, 0.4) is 0 Å². The molecular formula is C28H41N3O4. The predicted molar refractivity (Wildman–Crippen MR) is 139 cm³/mol. The Morgan fingerprint density at radius 3 is 1.86 bits per heavy atom. The third-order valence-corrected chi connectivity index (χ3v) is 5.14. The molecule has 35 heavy (non-hydrogen) atoms. The maximum atomic E-state index is 13.0. The molecule has 2 aromatic carbocycles. The van der Waals surface area contributed by atoms with E-state index in [4.69, 9.17) is 4.74 Å². The second kappa shape index (κ2) is 12.7. The van der Waals surface area contributed by atoms with E-state index in [1.54, 1.807) is 20.8 Å². The summed E-state index contributed by atoms with van der Waals surface area (Å²) in [6.07, 6.45) is -0.661. The smallest absolute Gasteiger partial charge is 0.407 e. The molecule has 0 saturated heterocycles. The Bertz CT molecular complexity index is 921. The molecule has 2 aromatic rings. The summed E-state index contributed by atoms with van der Waals surface area (Å²) in [4.78, 5) is 25.5. The number of ether oxygens (including phenoxy) is 1. The van der Waals surface area contributed by atoms with E-state index in [1.807, 2.05) is 81.4 Å². The fraction of sp³-hybridized carbons (Fsp3) is 0.500. The van der Waals surface area contributed by atoms with Crippen molar-refractivity contribution in [3.63, 3.8) is 0 Å². The monoisotopic (exact) mass is 483 g/mol. The number of hydrogen-bond acceptors (Lipinski definition) is 5. The fourth-order valence-corrected chi connectivity index (χ4v) is 3.58. The molecule has 2 rings (SSSR count). The summed E-state index contributed by atoms with van der Waals surface area (Å²) in [5, 5.41) is 20.1. The molecule has 0 bridgehead atoms. The van der Waals surface area contributed by atoms with Gasteiger partial charge in [0, 0.05) is 12.1 Å². The fourth-order valence-electron chi connectivity index (χ4n) is 3.58. The molecule has 0 radical (unpaired) electrons. The largest absolute Gasteiger partial charge is 0.444 e. The highest BCUT2D eigenvalue weighted by atomic mass is 16.6. The summed E-state index contributed by atoms with van der Waals surface area (Å²) < 4.78 is 5.41. The number of aliphatic hydroxyl groups is 1. The minimum atomic E-state index is -0.955. The zero-order valence-electron chi connectivity index (χ0n) is 21.8. The lowest BCUT2D eigenvalue weighted by atomic mass is 9.99. The van der Waals surface area contributed by atoms with E-state index >= 15 is 0 Å². The zero-order valence-corrected chi connectivity index (χ0v) is 21.8. The van der Waals surface area contributed by atoms with Crippen molar-refractivity contribution < 1.29 is 19.4 Å². The minimum Gasteiger partial charge on any atom is -0.444 e. The maximum absolute atomic E-state index is 13.0. The van der Waals surface area contributed by atoms with E-state index in [9.17, 15) is 14.7 Å². The quantitative estimate of drug-likeness (QED) is 0.414. The molecule has 0 aliphatic heterocycles. The number of carbonyl (C=O) groups is 2. The molecule has 0 aromatic heterocycles. The van der Waals surface area contributed by atoms with Crippen LogP contribution in [0.5, 0.6) is 0 Å². The SMILES string of the molecule is CC(C)(C)NC(=O)C(Cc1ccccc1)NCC(O)C(Cc1ccccc1)NC(=O)OC(C)(C)C. The van der Waals surface area contributed by atoms with Gasteiger partial charge in [0.25, 0.3) is 0 Å². The van der Waals surface area contributed by atoms with Crippen molar-refractivity contribution in [2.75, 3.05) is 6.54 Å². The molecule has 0 fully saturated rings. The topological polar surface area (TPSA) is 99.7 Å². The number of carbonyl (C=O) groups excluding carboxylic acids is 2.